The number of hydrogen-bond acceptors (Lipinski definition) is 3. The highest BCUT2D eigenvalue weighted by Gasteiger charge is 2.42. The van der Waals surface area contributed by atoms with Crippen LogP contribution in [0, 0.1) is 13.8 Å². The van der Waals surface area contributed by atoms with Gasteiger partial charge in [-0.15, -0.1) is 0 Å². The first kappa shape index (κ1) is 24.3. The number of methoxy groups -OCH3 is 1. The quantitative estimate of drug-likeness (QED) is 0.283. The smallest absolute Gasteiger partial charge is 0.174 e. The van der Waals surface area contributed by atoms with Gasteiger partial charge in [0.15, 0.2) is 5.11 Å². The van der Waals surface area contributed by atoms with E-state index in [4.69, 9.17) is 28.6 Å². The van der Waals surface area contributed by atoms with Crippen molar-refractivity contribution in [2.24, 2.45) is 0 Å². The van der Waals surface area contributed by atoms with Gasteiger partial charge in [0.1, 0.15) is 5.75 Å². The van der Waals surface area contributed by atoms with Crippen molar-refractivity contribution < 1.29 is 4.74 Å². The zero-order valence-corrected chi connectivity index (χ0v) is 22.4. The van der Waals surface area contributed by atoms with Gasteiger partial charge < -0.3 is 19.5 Å². The Hall–Kier alpha value is -3.35. The lowest BCUT2D eigenvalue weighted by Crippen LogP contribution is -2.29. The van der Waals surface area contributed by atoms with Crippen molar-refractivity contribution in [2.75, 3.05) is 12.0 Å². The van der Waals surface area contributed by atoms with Crippen LogP contribution in [0.2, 0.25) is 5.02 Å². The van der Waals surface area contributed by atoms with Gasteiger partial charge in [-0.3, -0.25) is 4.98 Å². The van der Waals surface area contributed by atoms with E-state index in [0.717, 1.165) is 17.8 Å². The molecule has 5 nitrogen and oxygen atoms in total. The summed E-state index contributed by atoms with van der Waals surface area (Å²) in [4.78, 5) is 6.84. The van der Waals surface area contributed by atoms with Crippen LogP contribution in [0.4, 0.5) is 5.69 Å². The Kier molecular flexibility index (Phi) is 6.73. The minimum atomic E-state index is -0.130. The number of ether oxygens (including phenoxy) is 1. The van der Waals surface area contributed by atoms with Gasteiger partial charge in [0.2, 0.25) is 0 Å². The normalized spacial score (nSPS) is 17.4. The number of aryl methyl sites for hydroxylation is 2. The molecule has 2 aromatic carbocycles. The van der Waals surface area contributed by atoms with E-state index in [9.17, 15) is 0 Å². The van der Waals surface area contributed by atoms with Crippen molar-refractivity contribution in [3.63, 3.8) is 0 Å². The lowest BCUT2D eigenvalue weighted by atomic mass is 9.96. The van der Waals surface area contributed by atoms with E-state index >= 15 is 0 Å². The van der Waals surface area contributed by atoms with E-state index in [1.165, 1.54) is 28.2 Å². The molecule has 0 aliphatic carbocycles. The molecule has 0 spiro atoms. The molecule has 4 aromatic rings. The van der Waals surface area contributed by atoms with Gasteiger partial charge in [0.25, 0.3) is 0 Å². The third kappa shape index (κ3) is 4.14. The van der Waals surface area contributed by atoms with Crippen LogP contribution in [-0.4, -0.2) is 21.8 Å². The van der Waals surface area contributed by atoms with E-state index in [0.29, 0.717) is 15.9 Å². The minimum Gasteiger partial charge on any atom is -0.495 e. The predicted molar refractivity (Wildman–Crippen MR) is 151 cm³/mol. The van der Waals surface area contributed by atoms with Crippen LogP contribution < -0.4 is 15.0 Å². The van der Waals surface area contributed by atoms with E-state index in [2.05, 4.69) is 70.9 Å². The summed E-state index contributed by atoms with van der Waals surface area (Å²) in [5.74, 6) is 0.630. The number of halogens is 1. The second kappa shape index (κ2) is 9.96. The second-order valence-electron chi connectivity index (χ2n) is 8.96. The average Bonchev–Trinajstić information content (AvgIpc) is 3.39. The topological polar surface area (TPSA) is 42.3 Å². The molecule has 2 aromatic heterocycles. The van der Waals surface area contributed by atoms with E-state index < -0.39 is 0 Å². The number of thiocarbonyl (C=S) groups is 1. The first-order chi connectivity index (χ1) is 17.4. The number of para-hydroxylation sites is 1. The Morgan fingerprint density at radius 3 is 2.53 bits per heavy atom. The van der Waals surface area contributed by atoms with Gasteiger partial charge in [0, 0.05) is 29.0 Å². The Morgan fingerprint density at radius 1 is 1.06 bits per heavy atom. The zero-order chi connectivity index (χ0) is 25.4. The summed E-state index contributed by atoms with van der Waals surface area (Å²) in [7, 11) is 1.62. The molecular formula is C29H29ClN4OS. The molecule has 1 N–H and O–H groups in total. The van der Waals surface area contributed by atoms with Gasteiger partial charge in [-0.1, -0.05) is 42.8 Å². The van der Waals surface area contributed by atoms with E-state index in [1.807, 2.05) is 42.6 Å². The first-order valence-electron chi connectivity index (χ1n) is 12.1. The number of hydrogen-bond donors (Lipinski definition) is 1. The maximum atomic E-state index is 6.55. The Morgan fingerprint density at radius 2 is 1.83 bits per heavy atom. The van der Waals surface area contributed by atoms with Gasteiger partial charge in [-0.05, 0) is 86.1 Å². The summed E-state index contributed by atoms with van der Waals surface area (Å²) in [5, 5.41) is 4.72. The SMILES string of the molecule is CCc1ccccc1-n1c(C)cc([C@@H]2[C@H](c3ccccn3)NC(=S)N2c2ccc(OC)c(Cl)c2)c1C. The molecule has 1 aliphatic rings. The highest BCUT2D eigenvalue weighted by molar-refractivity contribution is 7.80. The Labute approximate surface area is 222 Å². The molecule has 0 bridgehead atoms. The predicted octanol–water partition coefficient (Wildman–Crippen LogP) is 6.89. The molecule has 0 unspecified atom stereocenters. The first-order valence-corrected chi connectivity index (χ1v) is 12.8. The fourth-order valence-corrected chi connectivity index (χ4v) is 5.84. The summed E-state index contributed by atoms with van der Waals surface area (Å²) in [6.45, 7) is 6.54. The van der Waals surface area contributed by atoms with Crippen molar-refractivity contribution in [3.8, 4) is 11.4 Å². The molecule has 2 atom stereocenters. The van der Waals surface area contributed by atoms with Crippen LogP contribution in [0.25, 0.3) is 5.69 Å². The third-order valence-corrected chi connectivity index (χ3v) is 7.52. The van der Waals surface area contributed by atoms with Gasteiger partial charge in [0.05, 0.1) is 29.9 Å². The molecule has 0 saturated carbocycles. The van der Waals surface area contributed by atoms with Crippen molar-refractivity contribution in [3.05, 3.63) is 106 Å². The molecule has 36 heavy (non-hydrogen) atoms. The molecule has 5 rings (SSSR count). The monoisotopic (exact) mass is 516 g/mol. The highest BCUT2D eigenvalue weighted by Crippen LogP contribution is 2.45. The fraction of sp³-hybridized carbons (Fsp3) is 0.241. The number of rotatable bonds is 6. The molecule has 1 fully saturated rings. The standard InChI is InChI=1S/C29H29ClN4OS/c1-5-20-10-6-7-12-25(20)33-18(2)16-22(19(33)3)28-27(24-11-8-9-15-31-24)32-29(36)34(28)21-13-14-26(35-4)23(30)17-21/h6-17,27-28H,5H2,1-4H3,(H,32,36)/t27-,28+/m0/s1. The Balaban J connectivity index is 1.69. The number of anilines is 1. The summed E-state index contributed by atoms with van der Waals surface area (Å²) in [6.07, 6.45) is 2.79. The highest BCUT2D eigenvalue weighted by atomic mass is 35.5. The second-order valence-corrected chi connectivity index (χ2v) is 9.75. The van der Waals surface area contributed by atoms with Crippen LogP contribution in [0.1, 0.15) is 47.2 Å². The van der Waals surface area contributed by atoms with Crippen LogP contribution >= 0.6 is 23.8 Å². The number of nitrogens with one attached hydrogen (secondary N) is 1. The zero-order valence-electron chi connectivity index (χ0n) is 20.8. The number of aromatic nitrogens is 2. The number of nitrogens with zero attached hydrogens (tertiary/aromatic N) is 3. The average molecular weight is 517 g/mol. The molecule has 1 saturated heterocycles. The van der Waals surface area contributed by atoms with Crippen molar-refractivity contribution >= 4 is 34.6 Å². The fourth-order valence-electron chi connectivity index (χ4n) is 5.24. The summed E-state index contributed by atoms with van der Waals surface area (Å²) >= 11 is 12.4. The summed E-state index contributed by atoms with van der Waals surface area (Å²) in [5.41, 5.74) is 7.90. The molecule has 0 amide bonds. The van der Waals surface area contributed by atoms with Crippen molar-refractivity contribution in [1.82, 2.24) is 14.9 Å². The number of benzene rings is 2. The third-order valence-electron chi connectivity index (χ3n) is 6.91. The van der Waals surface area contributed by atoms with Crippen molar-refractivity contribution in [1.29, 1.82) is 0 Å². The van der Waals surface area contributed by atoms with Crippen molar-refractivity contribution in [2.45, 2.75) is 39.3 Å². The lowest BCUT2D eigenvalue weighted by molar-refractivity contribution is 0.415. The largest absolute Gasteiger partial charge is 0.495 e. The van der Waals surface area contributed by atoms with Gasteiger partial charge >= 0.3 is 0 Å². The molecule has 0 radical (unpaired) electrons. The van der Waals surface area contributed by atoms with Crippen LogP contribution in [0.3, 0.4) is 0 Å². The lowest BCUT2D eigenvalue weighted by Gasteiger charge is -2.28. The molecule has 1 aliphatic heterocycles. The molecule has 7 heteroatoms. The van der Waals surface area contributed by atoms with Crippen LogP contribution in [0.5, 0.6) is 5.75 Å². The maximum absolute atomic E-state index is 6.55. The summed E-state index contributed by atoms with van der Waals surface area (Å²) in [6, 6.07) is 22.4. The minimum absolute atomic E-state index is 0.120. The molecular weight excluding hydrogens is 488 g/mol. The maximum Gasteiger partial charge on any atom is 0.174 e. The van der Waals surface area contributed by atoms with E-state index in [-0.39, 0.29) is 12.1 Å². The van der Waals surface area contributed by atoms with Gasteiger partial charge in [-0.2, -0.15) is 0 Å². The summed E-state index contributed by atoms with van der Waals surface area (Å²) < 4.78 is 7.74. The van der Waals surface area contributed by atoms with Crippen LogP contribution in [-0.2, 0) is 6.42 Å². The Bertz CT molecular complexity index is 1420. The van der Waals surface area contributed by atoms with E-state index in [1.54, 1.807) is 7.11 Å². The van der Waals surface area contributed by atoms with Crippen LogP contribution in [0.15, 0.2) is 72.9 Å². The van der Waals surface area contributed by atoms with Gasteiger partial charge in [-0.25, -0.2) is 0 Å². The molecule has 3 heterocycles. The number of pyridine rings is 1. The molecule has 184 valence electrons.